The number of nitrogens with zero attached hydrogens (tertiary/aromatic N) is 3. The molecule has 0 aromatic carbocycles. The van der Waals surface area contributed by atoms with Crippen molar-refractivity contribution in [2.45, 2.75) is 40.3 Å². The van der Waals surface area contributed by atoms with Gasteiger partial charge >= 0.3 is 0 Å². The second-order valence-corrected chi connectivity index (χ2v) is 5.38. The van der Waals surface area contributed by atoms with Gasteiger partial charge in [-0.3, -0.25) is 14.6 Å². The van der Waals surface area contributed by atoms with E-state index in [1.807, 2.05) is 44.8 Å². The summed E-state index contributed by atoms with van der Waals surface area (Å²) in [7, 11) is 0. The van der Waals surface area contributed by atoms with Crippen LogP contribution in [0.1, 0.15) is 23.9 Å². The Bertz CT molecular complexity index is 595. The molecule has 0 spiro atoms. The summed E-state index contributed by atoms with van der Waals surface area (Å²) >= 11 is 0. The summed E-state index contributed by atoms with van der Waals surface area (Å²) in [6.45, 7) is 8.75. The summed E-state index contributed by atoms with van der Waals surface area (Å²) < 4.78 is 1.87. The van der Waals surface area contributed by atoms with E-state index >= 15 is 0 Å². The Hall–Kier alpha value is -2.15. The Labute approximate surface area is 124 Å². The molecule has 3 N–H and O–H groups in total. The van der Waals surface area contributed by atoms with Gasteiger partial charge in [0.2, 0.25) is 5.91 Å². The maximum atomic E-state index is 11.9. The molecule has 1 atom stereocenters. The van der Waals surface area contributed by atoms with Gasteiger partial charge in [-0.15, -0.1) is 0 Å². The van der Waals surface area contributed by atoms with Crippen LogP contribution in [0.4, 0.5) is 5.69 Å². The van der Waals surface area contributed by atoms with Gasteiger partial charge in [-0.25, -0.2) is 0 Å². The molecule has 7 nitrogen and oxygen atoms in total. The van der Waals surface area contributed by atoms with Crippen molar-refractivity contribution in [2.75, 3.05) is 11.9 Å². The molecular weight excluding hydrogens is 268 g/mol. The zero-order valence-corrected chi connectivity index (χ0v) is 12.9. The van der Waals surface area contributed by atoms with Crippen LogP contribution >= 0.6 is 0 Å². The summed E-state index contributed by atoms with van der Waals surface area (Å²) in [6, 6.07) is 0.154. The zero-order chi connectivity index (χ0) is 15.4. The smallest absolute Gasteiger partial charge is 0.238 e. The number of nitrogens with one attached hydrogen (secondary N) is 3. The third-order valence-corrected chi connectivity index (χ3v) is 3.23. The number of carbonyl (C=O) groups excluding carboxylic acids is 1. The van der Waals surface area contributed by atoms with Gasteiger partial charge in [0.15, 0.2) is 0 Å². The molecule has 2 aromatic rings. The number of aromatic nitrogens is 4. The predicted molar refractivity (Wildman–Crippen MR) is 81.1 cm³/mol. The van der Waals surface area contributed by atoms with E-state index in [0.717, 1.165) is 29.2 Å². The molecule has 0 radical (unpaired) electrons. The average Bonchev–Trinajstić information content (AvgIpc) is 2.97. The lowest BCUT2D eigenvalue weighted by molar-refractivity contribution is -0.115. The maximum Gasteiger partial charge on any atom is 0.238 e. The highest BCUT2D eigenvalue weighted by Gasteiger charge is 2.11. The average molecular weight is 290 g/mol. The minimum atomic E-state index is -0.0777. The molecule has 1 amide bonds. The number of aromatic amines is 1. The van der Waals surface area contributed by atoms with Gasteiger partial charge in [0.05, 0.1) is 36.4 Å². The third kappa shape index (κ3) is 4.16. The van der Waals surface area contributed by atoms with Gasteiger partial charge in [0.1, 0.15) is 0 Å². The lowest BCUT2D eigenvalue weighted by atomic mass is 10.3. The van der Waals surface area contributed by atoms with E-state index in [1.165, 1.54) is 0 Å². The molecule has 21 heavy (non-hydrogen) atoms. The van der Waals surface area contributed by atoms with Gasteiger partial charge in [-0.2, -0.15) is 10.2 Å². The normalized spacial score (nSPS) is 12.4. The van der Waals surface area contributed by atoms with Gasteiger partial charge in [-0.05, 0) is 33.3 Å². The van der Waals surface area contributed by atoms with Gasteiger partial charge in [-0.1, -0.05) is 0 Å². The van der Waals surface area contributed by atoms with Gasteiger partial charge in [0, 0.05) is 12.2 Å². The maximum absolute atomic E-state index is 11.9. The first-order chi connectivity index (χ1) is 9.95. The first-order valence-corrected chi connectivity index (χ1v) is 6.99. The monoisotopic (exact) mass is 290 g/mol. The van der Waals surface area contributed by atoms with E-state index < -0.39 is 0 Å². The van der Waals surface area contributed by atoms with E-state index in [2.05, 4.69) is 25.9 Å². The summed E-state index contributed by atoms with van der Waals surface area (Å²) in [6.07, 6.45) is 3.81. The molecule has 2 heterocycles. The molecular formula is C14H22N6O. The number of amides is 1. The highest BCUT2D eigenvalue weighted by molar-refractivity contribution is 5.93. The van der Waals surface area contributed by atoms with Crippen LogP contribution in [0.5, 0.6) is 0 Å². The molecule has 114 valence electrons. The third-order valence-electron chi connectivity index (χ3n) is 3.23. The van der Waals surface area contributed by atoms with E-state index in [-0.39, 0.29) is 18.5 Å². The van der Waals surface area contributed by atoms with E-state index in [0.29, 0.717) is 0 Å². The van der Waals surface area contributed by atoms with Crippen LogP contribution in [0, 0.1) is 20.8 Å². The summed E-state index contributed by atoms with van der Waals surface area (Å²) in [5.74, 6) is -0.0777. The molecule has 0 saturated carbocycles. The van der Waals surface area contributed by atoms with Crippen LogP contribution in [-0.2, 0) is 11.3 Å². The van der Waals surface area contributed by atoms with Crippen molar-refractivity contribution < 1.29 is 4.79 Å². The van der Waals surface area contributed by atoms with Crippen molar-refractivity contribution in [3.8, 4) is 0 Å². The molecule has 2 aromatic heterocycles. The minimum Gasteiger partial charge on any atom is -0.322 e. The van der Waals surface area contributed by atoms with E-state index in [4.69, 9.17) is 0 Å². The molecule has 1 unspecified atom stereocenters. The summed E-state index contributed by atoms with van der Waals surface area (Å²) in [4.78, 5) is 11.9. The Morgan fingerprint density at radius 1 is 1.43 bits per heavy atom. The van der Waals surface area contributed by atoms with Crippen molar-refractivity contribution in [1.82, 2.24) is 25.3 Å². The van der Waals surface area contributed by atoms with Crippen LogP contribution in [0.2, 0.25) is 0 Å². The van der Waals surface area contributed by atoms with Crippen molar-refractivity contribution in [3.05, 3.63) is 29.3 Å². The molecule has 2 rings (SSSR count). The fourth-order valence-electron chi connectivity index (χ4n) is 2.10. The molecule has 0 bridgehead atoms. The minimum absolute atomic E-state index is 0.0777. The highest BCUT2D eigenvalue weighted by Crippen LogP contribution is 2.15. The Kier molecular flexibility index (Phi) is 4.74. The standard InChI is InChI=1S/C14H22N6O/c1-9-5-16-20(7-9)8-10(2)15-6-13(21)17-14-11(3)18-19-12(14)4/h5,7,10,15H,6,8H2,1-4H3,(H,17,21)(H,18,19). The van der Waals surface area contributed by atoms with E-state index in [1.54, 1.807) is 0 Å². The fourth-order valence-corrected chi connectivity index (χ4v) is 2.10. The Morgan fingerprint density at radius 3 is 2.76 bits per heavy atom. The quantitative estimate of drug-likeness (QED) is 0.744. The largest absolute Gasteiger partial charge is 0.322 e. The van der Waals surface area contributed by atoms with Crippen molar-refractivity contribution in [1.29, 1.82) is 0 Å². The van der Waals surface area contributed by atoms with Crippen molar-refractivity contribution in [2.24, 2.45) is 0 Å². The number of anilines is 1. The number of aryl methyl sites for hydroxylation is 3. The van der Waals surface area contributed by atoms with Crippen molar-refractivity contribution in [3.63, 3.8) is 0 Å². The molecule has 0 saturated heterocycles. The number of hydrogen-bond acceptors (Lipinski definition) is 4. The lowest BCUT2D eigenvalue weighted by Crippen LogP contribution is -2.37. The van der Waals surface area contributed by atoms with Crippen molar-refractivity contribution >= 4 is 11.6 Å². The Morgan fingerprint density at radius 2 is 2.19 bits per heavy atom. The highest BCUT2D eigenvalue weighted by atomic mass is 16.1. The number of carbonyl (C=O) groups is 1. The van der Waals surface area contributed by atoms with Crippen LogP contribution in [0.15, 0.2) is 12.4 Å². The number of H-pyrrole nitrogens is 1. The molecule has 7 heteroatoms. The molecule has 0 aliphatic carbocycles. The number of hydrogen-bond donors (Lipinski definition) is 3. The fraction of sp³-hybridized carbons (Fsp3) is 0.500. The van der Waals surface area contributed by atoms with Crippen LogP contribution in [0.25, 0.3) is 0 Å². The SMILES string of the molecule is Cc1cnn(CC(C)NCC(=O)Nc2c(C)n[nH]c2C)c1. The number of rotatable bonds is 6. The second kappa shape index (κ2) is 6.53. The Balaban J connectivity index is 1.78. The topological polar surface area (TPSA) is 87.6 Å². The molecule has 0 aliphatic rings. The lowest BCUT2D eigenvalue weighted by Gasteiger charge is -2.14. The molecule has 0 fully saturated rings. The summed E-state index contributed by atoms with van der Waals surface area (Å²) in [5.41, 5.74) is 3.55. The second-order valence-electron chi connectivity index (χ2n) is 5.38. The van der Waals surface area contributed by atoms with Crippen LogP contribution in [0.3, 0.4) is 0 Å². The zero-order valence-electron chi connectivity index (χ0n) is 12.9. The summed E-state index contributed by atoms with van der Waals surface area (Å²) in [5, 5.41) is 17.2. The van der Waals surface area contributed by atoms with Crippen LogP contribution < -0.4 is 10.6 Å². The van der Waals surface area contributed by atoms with Crippen LogP contribution in [-0.4, -0.2) is 38.5 Å². The molecule has 0 aliphatic heterocycles. The first kappa shape index (κ1) is 15.2. The van der Waals surface area contributed by atoms with E-state index in [9.17, 15) is 4.79 Å². The van der Waals surface area contributed by atoms with Gasteiger partial charge < -0.3 is 10.6 Å². The van der Waals surface area contributed by atoms with Gasteiger partial charge in [0.25, 0.3) is 0 Å². The predicted octanol–water partition coefficient (Wildman–Crippen LogP) is 1.15. The first-order valence-electron chi connectivity index (χ1n) is 6.99.